The Morgan fingerprint density at radius 3 is 2.37 bits per heavy atom. The quantitative estimate of drug-likeness (QED) is 0.776. The molecular formula is C21H26N2O4. The van der Waals surface area contributed by atoms with E-state index in [-0.39, 0.29) is 24.8 Å². The highest BCUT2D eigenvalue weighted by Crippen LogP contribution is 2.31. The van der Waals surface area contributed by atoms with Crippen LogP contribution in [0.2, 0.25) is 0 Å². The molecular weight excluding hydrogens is 344 g/mol. The number of anilines is 1. The zero-order valence-electron chi connectivity index (χ0n) is 16.2. The summed E-state index contributed by atoms with van der Waals surface area (Å²) >= 11 is 0. The number of benzene rings is 2. The second-order valence-electron chi connectivity index (χ2n) is 6.32. The third-order valence-corrected chi connectivity index (χ3v) is 4.23. The SMILES string of the molecule is COc1cccc(CCC(=O)N(C)CC(=O)Nc2ccc(C)cc2)c1OC. The minimum Gasteiger partial charge on any atom is -0.493 e. The number of nitrogens with one attached hydrogen (secondary N) is 1. The second-order valence-corrected chi connectivity index (χ2v) is 6.32. The number of carbonyl (C=O) groups excluding carboxylic acids is 2. The molecule has 0 fully saturated rings. The van der Waals surface area contributed by atoms with Crippen LogP contribution in [-0.4, -0.2) is 44.5 Å². The third kappa shape index (κ3) is 5.74. The Morgan fingerprint density at radius 2 is 1.74 bits per heavy atom. The molecule has 0 saturated heterocycles. The summed E-state index contributed by atoms with van der Waals surface area (Å²) in [5.74, 6) is 0.924. The van der Waals surface area contributed by atoms with Gasteiger partial charge in [-0.15, -0.1) is 0 Å². The molecule has 0 radical (unpaired) electrons. The average Bonchev–Trinajstić information content (AvgIpc) is 2.67. The van der Waals surface area contributed by atoms with Crippen LogP contribution in [0.4, 0.5) is 5.69 Å². The van der Waals surface area contributed by atoms with Gasteiger partial charge in [0.2, 0.25) is 11.8 Å². The number of rotatable bonds is 8. The summed E-state index contributed by atoms with van der Waals surface area (Å²) in [7, 11) is 4.78. The number of nitrogens with zero attached hydrogens (tertiary/aromatic N) is 1. The Labute approximate surface area is 160 Å². The van der Waals surface area contributed by atoms with E-state index in [2.05, 4.69) is 5.32 Å². The summed E-state index contributed by atoms with van der Waals surface area (Å²) in [5.41, 5.74) is 2.73. The fourth-order valence-electron chi connectivity index (χ4n) is 2.72. The van der Waals surface area contributed by atoms with Gasteiger partial charge >= 0.3 is 0 Å². The highest BCUT2D eigenvalue weighted by atomic mass is 16.5. The number of carbonyl (C=O) groups is 2. The van der Waals surface area contributed by atoms with Gasteiger partial charge in [0.1, 0.15) is 0 Å². The molecule has 0 bridgehead atoms. The molecule has 0 aliphatic rings. The van der Waals surface area contributed by atoms with Gasteiger partial charge in [-0.1, -0.05) is 29.8 Å². The Hall–Kier alpha value is -3.02. The first-order chi connectivity index (χ1) is 12.9. The minimum atomic E-state index is -0.228. The molecule has 0 aromatic heterocycles. The lowest BCUT2D eigenvalue weighted by Gasteiger charge is -2.18. The molecule has 0 aliphatic carbocycles. The molecule has 0 heterocycles. The monoisotopic (exact) mass is 370 g/mol. The van der Waals surface area contributed by atoms with Crippen molar-refractivity contribution in [3.8, 4) is 11.5 Å². The van der Waals surface area contributed by atoms with Gasteiger partial charge in [-0.2, -0.15) is 0 Å². The van der Waals surface area contributed by atoms with Gasteiger partial charge in [0.25, 0.3) is 0 Å². The van der Waals surface area contributed by atoms with Gasteiger partial charge in [0.05, 0.1) is 20.8 Å². The Kier molecular flexibility index (Phi) is 7.23. The molecule has 6 nitrogen and oxygen atoms in total. The standard InChI is InChI=1S/C21H26N2O4/c1-15-8-11-17(12-9-15)22-19(24)14-23(2)20(25)13-10-16-6-5-7-18(26-3)21(16)27-4/h5-9,11-12H,10,13-14H2,1-4H3,(H,22,24). The number of likely N-dealkylation sites (N-methyl/N-ethyl adjacent to an activating group) is 1. The maximum absolute atomic E-state index is 12.4. The van der Waals surface area contributed by atoms with Gasteiger partial charge in [-0.3, -0.25) is 9.59 Å². The first-order valence-corrected chi connectivity index (χ1v) is 8.75. The van der Waals surface area contributed by atoms with Crippen LogP contribution in [0.5, 0.6) is 11.5 Å². The molecule has 27 heavy (non-hydrogen) atoms. The highest BCUT2D eigenvalue weighted by Gasteiger charge is 2.15. The molecule has 6 heteroatoms. The van der Waals surface area contributed by atoms with E-state index in [1.165, 1.54) is 4.90 Å². The largest absolute Gasteiger partial charge is 0.493 e. The summed E-state index contributed by atoms with van der Waals surface area (Å²) in [6.07, 6.45) is 0.779. The molecule has 2 aromatic rings. The maximum atomic E-state index is 12.4. The lowest BCUT2D eigenvalue weighted by Crippen LogP contribution is -2.35. The van der Waals surface area contributed by atoms with E-state index >= 15 is 0 Å². The topological polar surface area (TPSA) is 67.9 Å². The Morgan fingerprint density at radius 1 is 1.04 bits per heavy atom. The van der Waals surface area contributed by atoms with Gasteiger partial charge in [0, 0.05) is 19.2 Å². The van der Waals surface area contributed by atoms with E-state index in [0.717, 1.165) is 11.1 Å². The van der Waals surface area contributed by atoms with Crippen LogP contribution in [0.1, 0.15) is 17.5 Å². The van der Waals surface area contributed by atoms with E-state index in [1.807, 2.05) is 49.4 Å². The fourth-order valence-corrected chi connectivity index (χ4v) is 2.72. The predicted molar refractivity (Wildman–Crippen MR) is 105 cm³/mol. The van der Waals surface area contributed by atoms with Crippen molar-refractivity contribution < 1.29 is 19.1 Å². The number of ether oxygens (including phenoxy) is 2. The summed E-state index contributed by atoms with van der Waals surface area (Å²) in [6, 6.07) is 13.1. The lowest BCUT2D eigenvalue weighted by molar-refractivity contribution is -0.133. The first kappa shape index (κ1) is 20.3. The summed E-state index contributed by atoms with van der Waals surface area (Å²) in [4.78, 5) is 25.9. The van der Waals surface area contributed by atoms with Gasteiger partial charge in [0.15, 0.2) is 11.5 Å². The van der Waals surface area contributed by atoms with E-state index in [0.29, 0.717) is 23.6 Å². The van der Waals surface area contributed by atoms with Crippen molar-refractivity contribution in [3.63, 3.8) is 0 Å². The highest BCUT2D eigenvalue weighted by molar-refractivity contribution is 5.94. The van der Waals surface area contributed by atoms with Crippen LogP contribution < -0.4 is 14.8 Å². The molecule has 0 saturated carbocycles. The molecule has 0 spiro atoms. The van der Waals surface area contributed by atoms with Crippen LogP contribution in [0.3, 0.4) is 0 Å². The summed E-state index contributed by atoms with van der Waals surface area (Å²) < 4.78 is 10.7. The molecule has 2 rings (SSSR count). The van der Waals surface area contributed by atoms with E-state index in [9.17, 15) is 9.59 Å². The third-order valence-electron chi connectivity index (χ3n) is 4.23. The summed E-state index contributed by atoms with van der Waals surface area (Å²) in [5, 5.41) is 2.79. The fraction of sp³-hybridized carbons (Fsp3) is 0.333. The van der Waals surface area contributed by atoms with Crippen LogP contribution in [0, 0.1) is 6.92 Å². The Bertz CT molecular complexity index is 787. The van der Waals surface area contributed by atoms with Crippen molar-refractivity contribution in [2.24, 2.45) is 0 Å². The van der Waals surface area contributed by atoms with Gasteiger partial charge < -0.3 is 19.7 Å². The lowest BCUT2D eigenvalue weighted by atomic mass is 10.1. The van der Waals surface area contributed by atoms with Crippen LogP contribution in [0.15, 0.2) is 42.5 Å². The number of para-hydroxylation sites is 1. The molecule has 2 aromatic carbocycles. The van der Waals surface area contributed by atoms with Gasteiger partial charge in [-0.25, -0.2) is 0 Å². The number of amides is 2. The molecule has 2 amide bonds. The first-order valence-electron chi connectivity index (χ1n) is 8.75. The van der Waals surface area contributed by atoms with Crippen molar-refractivity contribution in [1.82, 2.24) is 4.90 Å². The number of aryl methyl sites for hydroxylation is 2. The van der Waals surface area contributed by atoms with E-state index in [1.54, 1.807) is 21.3 Å². The number of hydrogen-bond donors (Lipinski definition) is 1. The van der Waals surface area contributed by atoms with Gasteiger partial charge in [-0.05, 0) is 37.1 Å². The molecule has 0 aliphatic heterocycles. The second kappa shape index (κ2) is 9.62. The number of methoxy groups -OCH3 is 2. The maximum Gasteiger partial charge on any atom is 0.243 e. The molecule has 0 atom stereocenters. The minimum absolute atomic E-state index is 0.00194. The zero-order valence-corrected chi connectivity index (χ0v) is 16.2. The predicted octanol–water partition coefficient (Wildman–Crippen LogP) is 3.04. The normalized spacial score (nSPS) is 10.2. The zero-order chi connectivity index (χ0) is 19.8. The van der Waals surface area contributed by atoms with Crippen LogP contribution >= 0.6 is 0 Å². The molecule has 144 valence electrons. The van der Waals surface area contributed by atoms with Crippen LogP contribution in [0.25, 0.3) is 0 Å². The van der Waals surface area contributed by atoms with Crippen molar-refractivity contribution in [1.29, 1.82) is 0 Å². The van der Waals surface area contributed by atoms with Crippen molar-refractivity contribution >= 4 is 17.5 Å². The van der Waals surface area contributed by atoms with E-state index in [4.69, 9.17) is 9.47 Å². The van der Waals surface area contributed by atoms with Crippen molar-refractivity contribution in [2.75, 3.05) is 33.1 Å². The van der Waals surface area contributed by atoms with Crippen molar-refractivity contribution in [2.45, 2.75) is 19.8 Å². The molecule has 1 N–H and O–H groups in total. The molecule has 0 unspecified atom stereocenters. The summed E-state index contributed by atoms with van der Waals surface area (Å²) in [6.45, 7) is 1.98. The number of hydrogen-bond acceptors (Lipinski definition) is 4. The van der Waals surface area contributed by atoms with Crippen molar-refractivity contribution in [3.05, 3.63) is 53.6 Å². The smallest absolute Gasteiger partial charge is 0.243 e. The van der Waals surface area contributed by atoms with E-state index < -0.39 is 0 Å². The Balaban J connectivity index is 1.88. The van der Waals surface area contributed by atoms with Crippen LogP contribution in [-0.2, 0) is 16.0 Å². The average molecular weight is 370 g/mol.